The van der Waals surface area contributed by atoms with Crippen LogP contribution >= 0.6 is 58.0 Å². The van der Waals surface area contributed by atoms with Crippen molar-refractivity contribution in [3.63, 3.8) is 0 Å². The molecule has 0 unspecified atom stereocenters. The largest absolute Gasteiger partial charge is 0.481 e. The van der Waals surface area contributed by atoms with Gasteiger partial charge in [-0.25, -0.2) is 0 Å². The third kappa shape index (κ3) is 3.81. The molecule has 5 nitrogen and oxygen atoms in total. The van der Waals surface area contributed by atoms with Crippen molar-refractivity contribution in [2.45, 2.75) is 0 Å². The van der Waals surface area contributed by atoms with Gasteiger partial charge in [0.25, 0.3) is 5.91 Å². The molecule has 0 bridgehead atoms. The number of rotatable bonds is 4. The highest BCUT2D eigenvalue weighted by Crippen LogP contribution is 2.48. The van der Waals surface area contributed by atoms with Crippen molar-refractivity contribution in [1.82, 2.24) is 0 Å². The lowest BCUT2D eigenvalue weighted by molar-refractivity contribution is -0.118. The SMILES string of the molecule is O=C(COc1c(Cl)c(Cl)c(Cl)c(Cl)c1Cl)Nc1ccc2c(c1)OCO2. The molecule has 3 rings (SSSR count). The lowest BCUT2D eigenvalue weighted by atomic mass is 10.3. The third-order valence-corrected chi connectivity index (χ3v) is 5.42. The zero-order chi connectivity index (χ0) is 18.1. The van der Waals surface area contributed by atoms with Crippen LogP contribution in [0.4, 0.5) is 5.69 Å². The van der Waals surface area contributed by atoms with Crippen molar-refractivity contribution in [1.29, 1.82) is 0 Å². The molecule has 1 aliphatic rings. The minimum Gasteiger partial charge on any atom is -0.481 e. The summed E-state index contributed by atoms with van der Waals surface area (Å²) in [5.74, 6) is 0.677. The number of hydrogen-bond acceptors (Lipinski definition) is 4. The van der Waals surface area contributed by atoms with Crippen LogP contribution in [0, 0.1) is 0 Å². The van der Waals surface area contributed by atoms with Gasteiger partial charge in [0.15, 0.2) is 23.9 Å². The van der Waals surface area contributed by atoms with Crippen LogP contribution in [0.1, 0.15) is 0 Å². The van der Waals surface area contributed by atoms with Crippen LogP contribution < -0.4 is 19.5 Å². The molecule has 0 atom stereocenters. The Balaban J connectivity index is 1.69. The fourth-order valence-corrected chi connectivity index (χ4v) is 3.25. The molecule has 1 heterocycles. The first-order chi connectivity index (χ1) is 11.9. The van der Waals surface area contributed by atoms with Gasteiger partial charge in [0.1, 0.15) is 10.0 Å². The van der Waals surface area contributed by atoms with E-state index in [2.05, 4.69) is 5.32 Å². The summed E-state index contributed by atoms with van der Waals surface area (Å²) in [5.41, 5.74) is 0.516. The van der Waals surface area contributed by atoms with Crippen LogP contribution in [0.3, 0.4) is 0 Å². The van der Waals surface area contributed by atoms with Crippen molar-refractivity contribution >= 4 is 69.6 Å². The number of benzene rings is 2. The first-order valence-corrected chi connectivity index (χ1v) is 8.61. The standard InChI is InChI=1S/C15H8Cl5NO4/c16-10-11(17)13(19)15(14(20)12(10)18)23-4-9(22)21-6-1-2-7-8(3-6)25-5-24-7/h1-3H,4-5H2,(H,21,22). The zero-order valence-electron chi connectivity index (χ0n) is 12.2. The highest BCUT2D eigenvalue weighted by Gasteiger charge is 2.21. The van der Waals surface area contributed by atoms with Crippen LogP contribution in [0.2, 0.25) is 25.1 Å². The first kappa shape index (κ1) is 18.5. The van der Waals surface area contributed by atoms with E-state index in [1.165, 1.54) is 0 Å². The lowest BCUT2D eigenvalue weighted by Gasteiger charge is -2.13. The van der Waals surface area contributed by atoms with Crippen molar-refractivity contribution in [2.75, 3.05) is 18.7 Å². The van der Waals surface area contributed by atoms with Gasteiger partial charge in [-0.3, -0.25) is 4.79 Å². The fraction of sp³-hybridized carbons (Fsp3) is 0.133. The Morgan fingerprint density at radius 3 is 2.24 bits per heavy atom. The summed E-state index contributed by atoms with van der Waals surface area (Å²) in [6, 6.07) is 4.99. The lowest BCUT2D eigenvalue weighted by Crippen LogP contribution is -2.20. The van der Waals surface area contributed by atoms with E-state index in [4.69, 9.17) is 72.2 Å². The van der Waals surface area contributed by atoms with Gasteiger partial charge in [0.05, 0.1) is 15.1 Å². The van der Waals surface area contributed by atoms with Crippen molar-refractivity contribution in [2.24, 2.45) is 0 Å². The van der Waals surface area contributed by atoms with Crippen molar-refractivity contribution in [3.8, 4) is 17.2 Å². The predicted octanol–water partition coefficient (Wildman–Crippen LogP) is 5.70. The average Bonchev–Trinajstić information content (AvgIpc) is 3.06. The van der Waals surface area contributed by atoms with E-state index in [-0.39, 0.29) is 44.3 Å². The molecule has 0 radical (unpaired) electrons. The van der Waals surface area contributed by atoms with Gasteiger partial charge in [-0.1, -0.05) is 58.0 Å². The minimum absolute atomic E-state index is 0.00972. The monoisotopic (exact) mass is 441 g/mol. The quantitative estimate of drug-likeness (QED) is 0.487. The van der Waals surface area contributed by atoms with Gasteiger partial charge in [0.2, 0.25) is 6.79 Å². The molecule has 10 heteroatoms. The molecule has 1 N–H and O–H groups in total. The van der Waals surface area contributed by atoms with E-state index in [0.29, 0.717) is 17.2 Å². The number of hydrogen-bond donors (Lipinski definition) is 1. The van der Waals surface area contributed by atoms with Gasteiger partial charge in [0, 0.05) is 11.8 Å². The second-order valence-electron chi connectivity index (χ2n) is 4.80. The van der Waals surface area contributed by atoms with Crippen molar-refractivity contribution < 1.29 is 19.0 Å². The van der Waals surface area contributed by atoms with E-state index in [1.54, 1.807) is 18.2 Å². The highest BCUT2D eigenvalue weighted by atomic mass is 35.5. The smallest absolute Gasteiger partial charge is 0.262 e. The fourth-order valence-electron chi connectivity index (χ4n) is 2.02. The van der Waals surface area contributed by atoms with Crippen LogP contribution in [-0.2, 0) is 4.79 Å². The Bertz CT molecular complexity index is 829. The molecule has 25 heavy (non-hydrogen) atoms. The summed E-state index contributed by atoms with van der Waals surface area (Å²) < 4.78 is 15.8. The van der Waals surface area contributed by atoms with Gasteiger partial charge in [-0.15, -0.1) is 0 Å². The summed E-state index contributed by atoms with van der Waals surface area (Å²) >= 11 is 29.9. The summed E-state index contributed by atoms with van der Waals surface area (Å²) in [6.07, 6.45) is 0. The number of ether oxygens (including phenoxy) is 3. The Morgan fingerprint density at radius 1 is 0.960 bits per heavy atom. The molecule has 0 saturated heterocycles. The topological polar surface area (TPSA) is 56.8 Å². The zero-order valence-corrected chi connectivity index (χ0v) is 15.9. The maximum absolute atomic E-state index is 12.1. The summed E-state index contributed by atoms with van der Waals surface area (Å²) in [5, 5.41) is 2.57. The van der Waals surface area contributed by atoms with Gasteiger partial charge >= 0.3 is 0 Å². The van der Waals surface area contributed by atoms with Crippen molar-refractivity contribution in [3.05, 3.63) is 43.3 Å². The van der Waals surface area contributed by atoms with Crippen LogP contribution in [0.5, 0.6) is 17.2 Å². The molecule has 0 aliphatic carbocycles. The Hall–Kier alpha value is -1.24. The normalized spacial score (nSPS) is 12.2. The minimum atomic E-state index is -0.451. The molecule has 1 amide bonds. The summed E-state index contributed by atoms with van der Waals surface area (Å²) in [4.78, 5) is 12.1. The number of nitrogens with one attached hydrogen (secondary N) is 1. The van der Waals surface area contributed by atoms with Gasteiger partial charge < -0.3 is 19.5 Å². The van der Waals surface area contributed by atoms with Gasteiger partial charge in [-0.05, 0) is 12.1 Å². The molecular formula is C15H8Cl5NO4. The maximum Gasteiger partial charge on any atom is 0.262 e. The number of carbonyl (C=O) groups excluding carboxylic acids is 1. The second-order valence-corrected chi connectivity index (χ2v) is 6.69. The third-order valence-electron chi connectivity index (χ3n) is 3.17. The molecule has 0 aromatic heterocycles. The molecular weight excluding hydrogens is 435 g/mol. The van der Waals surface area contributed by atoms with E-state index >= 15 is 0 Å². The molecule has 2 aromatic rings. The molecule has 0 spiro atoms. The molecule has 132 valence electrons. The first-order valence-electron chi connectivity index (χ1n) is 6.72. The van der Waals surface area contributed by atoms with Crippen LogP contribution in [-0.4, -0.2) is 19.3 Å². The number of halogens is 5. The Labute approximate surface area is 167 Å². The van der Waals surface area contributed by atoms with E-state index < -0.39 is 5.91 Å². The molecule has 1 aliphatic heterocycles. The molecule has 2 aromatic carbocycles. The van der Waals surface area contributed by atoms with E-state index in [0.717, 1.165) is 0 Å². The highest BCUT2D eigenvalue weighted by molar-refractivity contribution is 6.55. The summed E-state index contributed by atoms with van der Waals surface area (Å²) in [7, 11) is 0. The Kier molecular flexibility index (Phi) is 5.61. The van der Waals surface area contributed by atoms with Crippen LogP contribution in [0.15, 0.2) is 18.2 Å². The van der Waals surface area contributed by atoms with Crippen LogP contribution in [0.25, 0.3) is 0 Å². The summed E-state index contributed by atoms with van der Waals surface area (Å²) in [6.45, 7) is -0.229. The predicted molar refractivity (Wildman–Crippen MR) is 98.2 cm³/mol. The average molecular weight is 443 g/mol. The van der Waals surface area contributed by atoms with Gasteiger partial charge in [-0.2, -0.15) is 0 Å². The molecule has 0 saturated carbocycles. The maximum atomic E-state index is 12.1. The number of anilines is 1. The molecule has 0 fully saturated rings. The Morgan fingerprint density at radius 2 is 1.56 bits per heavy atom. The number of amides is 1. The van der Waals surface area contributed by atoms with E-state index in [9.17, 15) is 4.79 Å². The number of fused-ring (bicyclic) bond motifs is 1. The van der Waals surface area contributed by atoms with E-state index in [1.807, 2.05) is 0 Å². The second kappa shape index (κ2) is 7.56. The number of carbonyl (C=O) groups is 1.